The molecule has 0 atom stereocenters. The Hall–Kier alpha value is -8.01. The molecule has 10 aromatic rings. The van der Waals surface area contributed by atoms with E-state index in [0.29, 0.717) is 0 Å². The van der Waals surface area contributed by atoms with Gasteiger partial charge in [0.05, 0.1) is 17.1 Å². The number of pyridine rings is 3. The second-order valence-electron chi connectivity index (χ2n) is 17.8. The molecule has 0 aliphatic heterocycles. The molecule has 0 radical (unpaired) electrons. The van der Waals surface area contributed by atoms with Gasteiger partial charge in [-0.05, 0) is 154 Å². The molecule has 3 nitrogen and oxygen atoms in total. The Bertz CT molecular complexity index is 3130. The highest BCUT2D eigenvalue weighted by atomic mass is 14.7. The summed E-state index contributed by atoms with van der Waals surface area (Å²) < 4.78 is 0. The quantitative estimate of drug-likeness (QED) is 0.116. The molecule has 3 heteroatoms. The minimum Gasteiger partial charge on any atom is -0.256 e. The molecule has 0 unspecified atom stereocenters. The van der Waals surface area contributed by atoms with E-state index in [1.807, 2.05) is 18.6 Å². The number of aryl methyl sites for hydroxylation is 7. The molecule has 0 bridgehead atoms. The van der Waals surface area contributed by atoms with E-state index < -0.39 is 0 Å². The lowest BCUT2D eigenvalue weighted by molar-refractivity contribution is 0.931. The maximum Gasteiger partial charge on any atom is 0.0702 e. The number of benzene rings is 7. The fourth-order valence-electron chi connectivity index (χ4n) is 9.00. The van der Waals surface area contributed by atoms with Crippen molar-refractivity contribution in [3.63, 3.8) is 0 Å². The molecule has 7 aromatic carbocycles. The zero-order valence-electron chi connectivity index (χ0n) is 38.5. The average molecular weight is 864 g/mol. The fourth-order valence-corrected chi connectivity index (χ4v) is 9.00. The van der Waals surface area contributed by atoms with Crippen LogP contribution in [0.5, 0.6) is 0 Å². The Morgan fingerprint density at radius 1 is 0.254 bits per heavy atom. The molecule has 0 aliphatic carbocycles. The van der Waals surface area contributed by atoms with Gasteiger partial charge in [-0.3, -0.25) is 15.0 Å². The fraction of sp³-hybridized carbons (Fsp3) is 0.109. The normalized spacial score (nSPS) is 11.1. The van der Waals surface area contributed by atoms with Crippen molar-refractivity contribution in [3.8, 4) is 78.3 Å². The van der Waals surface area contributed by atoms with Gasteiger partial charge in [0.15, 0.2) is 0 Å². The first-order valence-corrected chi connectivity index (χ1v) is 23.4. The van der Waals surface area contributed by atoms with Crippen LogP contribution in [0, 0.1) is 20.8 Å². The van der Waals surface area contributed by atoms with Crippen molar-refractivity contribution in [1.29, 1.82) is 0 Å². The van der Waals surface area contributed by atoms with Crippen molar-refractivity contribution < 1.29 is 0 Å². The minimum atomic E-state index is 0.931. The number of hydrogen-bond acceptors (Lipinski definition) is 3. The molecule has 324 valence electrons. The lowest BCUT2D eigenvalue weighted by atomic mass is 9.86. The maximum atomic E-state index is 4.84. The zero-order valence-corrected chi connectivity index (χ0v) is 38.5. The van der Waals surface area contributed by atoms with Crippen LogP contribution >= 0.6 is 0 Å². The lowest BCUT2D eigenvalue weighted by Crippen LogP contribution is -1.98. The third kappa shape index (κ3) is 10.1. The van der Waals surface area contributed by atoms with Gasteiger partial charge < -0.3 is 0 Å². The van der Waals surface area contributed by atoms with E-state index in [-0.39, 0.29) is 0 Å². The van der Waals surface area contributed by atoms with Crippen molar-refractivity contribution >= 4 is 0 Å². The standard InChI is InChI=1S/C64H53N3/c1-44-13-34-62(65-41-44)54-24-20-47(21-25-54)16-18-49-37-50(19-17-48-22-26-55(27-23-48)63-35-14-45(2)42-66-63)39-57(38-49)58-11-7-8-12-59(58)60-33-32-56(64-36-15-46(3)43-67-64)40-61(60)53-30-28-52(29-31-53)51-9-5-4-6-10-51/h4-15,20-43H,16-19H2,1-3H3. The van der Waals surface area contributed by atoms with Gasteiger partial charge >= 0.3 is 0 Å². The molecule has 0 fully saturated rings. The number of aromatic nitrogens is 3. The van der Waals surface area contributed by atoms with Crippen molar-refractivity contribution in [3.05, 3.63) is 258 Å². The van der Waals surface area contributed by atoms with Crippen LogP contribution in [0.15, 0.2) is 219 Å². The Labute approximate surface area is 395 Å². The van der Waals surface area contributed by atoms with Crippen LogP contribution in [0.1, 0.15) is 38.9 Å². The first-order chi connectivity index (χ1) is 32.9. The number of nitrogens with zero attached hydrogens (tertiary/aromatic N) is 3. The summed E-state index contributed by atoms with van der Waals surface area (Å²) in [6.07, 6.45) is 9.57. The topological polar surface area (TPSA) is 38.7 Å². The smallest absolute Gasteiger partial charge is 0.0702 e. The van der Waals surface area contributed by atoms with Gasteiger partial charge in [0, 0.05) is 35.3 Å². The third-order valence-corrected chi connectivity index (χ3v) is 12.8. The van der Waals surface area contributed by atoms with Crippen LogP contribution in [0.25, 0.3) is 78.3 Å². The maximum absolute atomic E-state index is 4.84. The van der Waals surface area contributed by atoms with Crippen molar-refractivity contribution in [2.24, 2.45) is 0 Å². The Kier molecular flexibility index (Phi) is 12.6. The highest BCUT2D eigenvalue weighted by Gasteiger charge is 2.16. The van der Waals surface area contributed by atoms with Crippen LogP contribution in [0.2, 0.25) is 0 Å². The van der Waals surface area contributed by atoms with E-state index in [4.69, 9.17) is 4.98 Å². The molecule has 10 rings (SSSR count). The van der Waals surface area contributed by atoms with E-state index >= 15 is 0 Å². The van der Waals surface area contributed by atoms with Gasteiger partial charge in [0.2, 0.25) is 0 Å². The first kappa shape index (κ1) is 42.9. The van der Waals surface area contributed by atoms with E-state index in [1.165, 1.54) is 77.9 Å². The highest BCUT2D eigenvalue weighted by Crippen LogP contribution is 2.41. The van der Waals surface area contributed by atoms with E-state index in [0.717, 1.165) is 65.0 Å². The summed E-state index contributed by atoms with van der Waals surface area (Å²) in [4.78, 5) is 14.2. The van der Waals surface area contributed by atoms with Crippen molar-refractivity contribution in [2.45, 2.75) is 46.5 Å². The summed E-state index contributed by atoms with van der Waals surface area (Å²) in [5.41, 5.74) is 24.8. The molecule has 0 spiro atoms. The van der Waals surface area contributed by atoms with Gasteiger partial charge in [0.25, 0.3) is 0 Å². The van der Waals surface area contributed by atoms with Crippen LogP contribution in [-0.2, 0) is 25.7 Å². The van der Waals surface area contributed by atoms with Crippen LogP contribution < -0.4 is 0 Å². The highest BCUT2D eigenvalue weighted by molar-refractivity contribution is 5.94. The predicted molar refractivity (Wildman–Crippen MR) is 280 cm³/mol. The zero-order chi connectivity index (χ0) is 45.5. The molecule has 0 saturated heterocycles. The van der Waals surface area contributed by atoms with Gasteiger partial charge in [0.1, 0.15) is 0 Å². The summed E-state index contributed by atoms with van der Waals surface area (Å²) in [7, 11) is 0. The molecular formula is C64H53N3. The second kappa shape index (κ2) is 19.6. The molecule has 0 N–H and O–H groups in total. The summed E-state index contributed by atoms with van der Waals surface area (Å²) in [6, 6.07) is 73.3. The SMILES string of the molecule is Cc1ccc(-c2ccc(CCc3cc(CCc4ccc(-c5ccc(C)cn5)cc4)cc(-c4ccccc4-c4ccc(-c5ccc(C)cn5)cc4-c4ccc(-c5ccccc5)cc4)c3)cc2)nc1. The summed E-state index contributed by atoms with van der Waals surface area (Å²) >= 11 is 0. The van der Waals surface area contributed by atoms with E-state index in [9.17, 15) is 0 Å². The Morgan fingerprint density at radius 3 is 1.16 bits per heavy atom. The Balaban J connectivity index is 1.01. The molecule has 0 saturated carbocycles. The number of rotatable bonds is 13. The molecule has 0 aliphatic rings. The van der Waals surface area contributed by atoms with Gasteiger partial charge in [-0.15, -0.1) is 0 Å². The largest absolute Gasteiger partial charge is 0.256 e. The van der Waals surface area contributed by atoms with Crippen LogP contribution in [0.3, 0.4) is 0 Å². The van der Waals surface area contributed by atoms with Crippen LogP contribution in [0.4, 0.5) is 0 Å². The molecule has 3 heterocycles. The van der Waals surface area contributed by atoms with Crippen molar-refractivity contribution in [1.82, 2.24) is 15.0 Å². The summed E-state index contributed by atoms with van der Waals surface area (Å²) in [5, 5.41) is 0. The summed E-state index contributed by atoms with van der Waals surface area (Å²) in [6.45, 7) is 6.23. The minimum absolute atomic E-state index is 0.931. The van der Waals surface area contributed by atoms with Gasteiger partial charge in [-0.1, -0.05) is 176 Å². The third-order valence-electron chi connectivity index (χ3n) is 12.8. The van der Waals surface area contributed by atoms with Crippen LogP contribution in [-0.4, -0.2) is 15.0 Å². The number of hydrogen-bond donors (Lipinski definition) is 0. The molecule has 67 heavy (non-hydrogen) atoms. The predicted octanol–water partition coefficient (Wildman–Crippen LogP) is 16.0. The van der Waals surface area contributed by atoms with Gasteiger partial charge in [-0.2, -0.15) is 0 Å². The molecule has 0 amide bonds. The van der Waals surface area contributed by atoms with E-state index in [2.05, 4.69) is 231 Å². The second-order valence-corrected chi connectivity index (χ2v) is 17.8. The summed E-state index contributed by atoms with van der Waals surface area (Å²) in [5.74, 6) is 0. The van der Waals surface area contributed by atoms with Crippen molar-refractivity contribution in [2.75, 3.05) is 0 Å². The molecule has 3 aromatic heterocycles. The first-order valence-electron chi connectivity index (χ1n) is 23.4. The van der Waals surface area contributed by atoms with Gasteiger partial charge in [-0.25, -0.2) is 0 Å². The molecular weight excluding hydrogens is 811 g/mol. The van der Waals surface area contributed by atoms with E-state index in [1.54, 1.807) is 0 Å². The Morgan fingerprint density at radius 2 is 0.657 bits per heavy atom. The monoisotopic (exact) mass is 863 g/mol. The lowest BCUT2D eigenvalue weighted by Gasteiger charge is -2.18. The average Bonchev–Trinajstić information content (AvgIpc) is 3.38.